The van der Waals surface area contributed by atoms with Crippen LogP contribution in [0.15, 0.2) is 115 Å². The Kier molecular flexibility index (Phi) is 10.9. The molecule has 3 heterocycles. The van der Waals surface area contributed by atoms with E-state index < -0.39 is 19.8 Å². The molecule has 5 atom stereocenters. The number of hydrogen-bond acceptors (Lipinski definition) is 7. The van der Waals surface area contributed by atoms with Crippen molar-refractivity contribution in [2.75, 3.05) is 29.7 Å². The molecule has 5 aromatic rings. The number of nitrogens with two attached hydrogens (primary N) is 1. The smallest absolute Gasteiger partial charge is 0.264 e. The Morgan fingerprint density at radius 1 is 0.966 bits per heavy atom. The molecule has 0 saturated carbocycles. The number of nitrogen functional groups attached to an aromatic ring is 1. The first-order chi connectivity index (χ1) is 28.3. The van der Waals surface area contributed by atoms with E-state index in [1.165, 1.54) is 0 Å². The van der Waals surface area contributed by atoms with Crippen molar-refractivity contribution in [3.63, 3.8) is 0 Å². The number of amides is 3. The van der Waals surface area contributed by atoms with Gasteiger partial charge in [-0.3, -0.25) is 14.4 Å². The molecule has 3 aliphatic heterocycles. The normalized spacial score (nSPS) is 22.3. The molecule has 0 aromatic heterocycles. The number of carbonyl (C=O) groups is 3. The number of anilines is 3. The fourth-order valence-electron chi connectivity index (χ4n) is 9.74. The number of aliphatic hydroxyl groups is 1. The lowest BCUT2D eigenvalue weighted by atomic mass is 9.82. The molecule has 0 bridgehead atoms. The maximum Gasteiger partial charge on any atom is 0.264 e. The molecular weight excluding hydrogens is 780 g/mol. The van der Waals surface area contributed by atoms with Gasteiger partial charge in [0.2, 0.25) is 5.91 Å². The summed E-state index contributed by atoms with van der Waals surface area (Å²) >= 11 is 6.74. The second-order valence-electron chi connectivity index (χ2n) is 16.5. The van der Waals surface area contributed by atoms with Crippen molar-refractivity contribution in [2.45, 2.75) is 69.2 Å². The molecule has 59 heavy (non-hydrogen) atoms. The molecular formula is C47H49ClN4O6Si. The van der Waals surface area contributed by atoms with Gasteiger partial charge in [0.1, 0.15) is 5.75 Å². The monoisotopic (exact) mass is 828 g/mol. The van der Waals surface area contributed by atoms with E-state index in [1.54, 1.807) is 47.2 Å². The first-order valence-electron chi connectivity index (χ1n) is 20.0. The number of rotatable bonds is 10. The van der Waals surface area contributed by atoms with Gasteiger partial charge in [0, 0.05) is 40.0 Å². The van der Waals surface area contributed by atoms with Crippen LogP contribution >= 0.6 is 11.6 Å². The number of halogens is 1. The third-order valence-electron chi connectivity index (χ3n) is 12.8. The van der Waals surface area contributed by atoms with E-state index in [2.05, 4.69) is 43.5 Å². The number of ether oxygens (including phenoxy) is 2. The van der Waals surface area contributed by atoms with Gasteiger partial charge >= 0.3 is 0 Å². The molecule has 12 heteroatoms. The van der Waals surface area contributed by atoms with Crippen LogP contribution in [0.5, 0.6) is 5.75 Å². The minimum atomic E-state index is -2.57. The van der Waals surface area contributed by atoms with Crippen molar-refractivity contribution >= 4 is 59.6 Å². The van der Waals surface area contributed by atoms with E-state index in [9.17, 15) is 14.7 Å². The maximum atomic E-state index is 15.4. The predicted octanol–water partition coefficient (Wildman–Crippen LogP) is 7.28. The van der Waals surface area contributed by atoms with Crippen LogP contribution in [-0.4, -0.2) is 61.7 Å². The number of hydrogen-bond donors (Lipinski definition) is 3. The number of carbonyl (C=O) groups excluding carboxylic acids is 3. The third-order valence-corrected chi connectivity index (χ3v) is 17.4. The van der Waals surface area contributed by atoms with Gasteiger partial charge in [0.15, 0.2) is 5.60 Å². The van der Waals surface area contributed by atoms with Crippen LogP contribution in [0, 0.1) is 5.92 Å². The highest BCUT2D eigenvalue weighted by Crippen LogP contribution is 2.60. The minimum absolute atomic E-state index is 0.0426. The summed E-state index contributed by atoms with van der Waals surface area (Å²) in [7, 11) is -0.926. The second-order valence-corrected chi connectivity index (χ2v) is 21.6. The number of benzene rings is 5. The Labute approximate surface area is 350 Å². The summed E-state index contributed by atoms with van der Waals surface area (Å²) in [6.45, 7) is 7.08. The summed E-state index contributed by atoms with van der Waals surface area (Å²) in [6.07, 6.45) is -0.0211. The van der Waals surface area contributed by atoms with Crippen molar-refractivity contribution in [2.24, 2.45) is 5.92 Å². The lowest BCUT2D eigenvalue weighted by Crippen LogP contribution is -2.52. The summed E-state index contributed by atoms with van der Waals surface area (Å²) in [5.74, 6) is -0.236. The Morgan fingerprint density at radius 3 is 2.41 bits per heavy atom. The number of methoxy groups -OCH3 is 1. The molecule has 0 unspecified atom stereocenters. The zero-order chi connectivity index (χ0) is 41.6. The van der Waals surface area contributed by atoms with Crippen LogP contribution in [0.3, 0.4) is 0 Å². The highest BCUT2D eigenvalue weighted by Gasteiger charge is 2.66. The average molecular weight is 829 g/mol. The quantitative estimate of drug-likeness (QED) is 0.0996. The fraction of sp³-hybridized carbons (Fsp3) is 0.298. The Bertz CT molecular complexity index is 2410. The van der Waals surface area contributed by atoms with Crippen LogP contribution in [0.2, 0.25) is 23.7 Å². The first-order valence-corrected chi connectivity index (χ1v) is 23.5. The Balaban J connectivity index is 1.15. The SMILES string of the molecule is COc1ccc([Si](C)(C)[C@H]2[C@H](CC(=O)N3Cc4ccccc4C[C@H]3CO)O[C@@]3(C(=O)N(Cc4cccc(NC(=O)c5ccc(N)cc5)c4)c4ccc(Cl)cc43)[C@@H]2C)cc1. The predicted molar refractivity (Wildman–Crippen MR) is 234 cm³/mol. The van der Waals surface area contributed by atoms with E-state index in [0.29, 0.717) is 46.2 Å². The molecule has 304 valence electrons. The summed E-state index contributed by atoms with van der Waals surface area (Å²) in [6, 6.07) is 35.4. The molecule has 1 spiro atoms. The highest BCUT2D eigenvalue weighted by atomic mass is 35.5. The van der Waals surface area contributed by atoms with Gasteiger partial charge in [0.25, 0.3) is 11.8 Å². The lowest BCUT2D eigenvalue weighted by Gasteiger charge is -2.39. The Hall–Kier alpha value is -5.46. The summed E-state index contributed by atoms with van der Waals surface area (Å²) < 4.78 is 12.8. The molecule has 0 radical (unpaired) electrons. The van der Waals surface area contributed by atoms with Gasteiger partial charge in [-0.25, -0.2) is 0 Å². The van der Waals surface area contributed by atoms with Crippen LogP contribution in [0.4, 0.5) is 17.1 Å². The fourth-order valence-corrected chi connectivity index (χ4v) is 13.9. The third kappa shape index (κ3) is 7.30. The van der Waals surface area contributed by atoms with Crippen molar-refractivity contribution < 1.29 is 29.0 Å². The van der Waals surface area contributed by atoms with Crippen LogP contribution < -0.4 is 25.9 Å². The molecule has 8 rings (SSSR count). The van der Waals surface area contributed by atoms with Gasteiger partial charge in [-0.2, -0.15) is 0 Å². The van der Waals surface area contributed by atoms with E-state index in [1.807, 2.05) is 66.7 Å². The van der Waals surface area contributed by atoms with Gasteiger partial charge in [0.05, 0.1) is 52.6 Å². The van der Waals surface area contributed by atoms with Gasteiger partial charge in [-0.1, -0.05) is 85.3 Å². The van der Waals surface area contributed by atoms with Crippen molar-refractivity contribution in [1.82, 2.24) is 4.90 Å². The molecule has 4 N–H and O–H groups in total. The number of nitrogens with zero attached hydrogens (tertiary/aromatic N) is 2. The zero-order valence-corrected chi connectivity index (χ0v) is 35.4. The van der Waals surface area contributed by atoms with Crippen LogP contribution in [0.25, 0.3) is 0 Å². The highest BCUT2D eigenvalue weighted by molar-refractivity contribution is 6.91. The van der Waals surface area contributed by atoms with Crippen LogP contribution in [0.1, 0.15) is 46.0 Å². The number of nitrogens with one attached hydrogen (secondary N) is 1. The molecule has 1 saturated heterocycles. The van der Waals surface area contributed by atoms with Crippen LogP contribution in [-0.2, 0) is 39.4 Å². The van der Waals surface area contributed by atoms with E-state index in [-0.39, 0.29) is 54.8 Å². The van der Waals surface area contributed by atoms with Gasteiger partial charge in [-0.15, -0.1) is 0 Å². The largest absolute Gasteiger partial charge is 0.497 e. The average Bonchev–Trinajstić information content (AvgIpc) is 3.65. The standard InChI is InChI=1S/C47H49ClN4O6Si/c1-29-44(59(3,4)39-19-17-38(57-2)18-20-39)42(25-43(54)51-27-33-10-6-5-9-32(33)23-37(51)28-53)58-47(29)40-24-34(48)14-21-41(40)52(46(47)56)26-30-8-7-11-36(22-30)50-45(55)31-12-15-35(49)16-13-31/h5-22,24,29,37,42,44,53H,23,25-28,49H2,1-4H3,(H,50,55)/t29-,37+,42+,44-,47+/m1/s1. The Morgan fingerprint density at radius 2 is 1.69 bits per heavy atom. The molecule has 3 aliphatic rings. The molecule has 5 aromatic carbocycles. The van der Waals surface area contributed by atoms with E-state index >= 15 is 4.79 Å². The van der Waals surface area contributed by atoms with Crippen molar-refractivity contribution in [3.05, 3.63) is 148 Å². The van der Waals surface area contributed by atoms with E-state index in [4.69, 9.17) is 26.8 Å². The molecule has 1 fully saturated rings. The van der Waals surface area contributed by atoms with Gasteiger partial charge < -0.3 is 35.4 Å². The second kappa shape index (κ2) is 15.9. The number of aliphatic hydroxyl groups excluding tert-OH is 1. The zero-order valence-electron chi connectivity index (χ0n) is 33.7. The van der Waals surface area contributed by atoms with E-state index in [0.717, 1.165) is 27.6 Å². The molecule has 0 aliphatic carbocycles. The van der Waals surface area contributed by atoms with Crippen molar-refractivity contribution in [3.8, 4) is 5.75 Å². The minimum Gasteiger partial charge on any atom is -0.497 e. The lowest BCUT2D eigenvalue weighted by molar-refractivity contribution is -0.151. The topological polar surface area (TPSA) is 134 Å². The first kappa shape index (κ1) is 40.3. The summed E-state index contributed by atoms with van der Waals surface area (Å²) in [4.78, 5) is 46.6. The summed E-state index contributed by atoms with van der Waals surface area (Å²) in [5.41, 5.74) is 10.2. The molecule has 3 amide bonds. The number of fused-ring (bicyclic) bond motifs is 3. The van der Waals surface area contributed by atoms with Gasteiger partial charge in [-0.05, 0) is 95.4 Å². The molecule has 10 nitrogen and oxygen atoms in total. The maximum absolute atomic E-state index is 15.4. The van der Waals surface area contributed by atoms with Crippen molar-refractivity contribution in [1.29, 1.82) is 0 Å². The summed E-state index contributed by atoms with van der Waals surface area (Å²) in [5, 5.41) is 15.1.